The number of nitro groups is 1. The lowest BCUT2D eigenvalue weighted by atomic mass is 9.97. The molecule has 1 amide bonds. The number of amides is 1. The van der Waals surface area contributed by atoms with E-state index in [2.05, 4.69) is 4.72 Å². The summed E-state index contributed by atoms with van der Waals surface area (Å²) in [6, 6.07) is 9.46. The number of fused-ring (bicyclic) bond motifs is 2. The van der Waals surface area contributed by atoms with Crippen molar-refractivity contribution >= 4 is 27.3 Å². The Bertz CT molecular complexity index is 1100. The van der Waals surface area contributed by atoms with Crippen molar-refractivity contribution in [3.63, 3.8) is 0 Å². The van der Waals surface area contributed by atoms with Gasteiger partial charge in [-0.2, -0.15) is 0 Å². The summed E-state index contributed by atoms with van der Waals surface area (Å²) in [5.41, 5.74) is 0.169. The van der Waals surface area contributed by atoms with Crippen molar-refractivity contribution in [3.8, 4) is 5.75 Å². The average Bonchev–Trinajstić information content (AvgIpc) is 2.73. The van der Waals surface area contributed by atoms with Crippen LogP contribution in [-0.2, 0) is 10.0 Å². The predicted octanol–water partition coefficient (Wildman–Crippen LogP) is 3.17. The van der Waals surface area contributed by atoms with Gasteiger partial charge in [-0.3, -0.25) is 19.6 Å². The van der Waals surface area contributed by atoms with Crippen LogP contribution < -0.4 is 9.46 Å². The minimum atomic E-state index is -4.07. The molecular formula is C20H21N3O6S. The first-order chi connectivity index (χ1) is 14.3. The van der Waals surface area contributed by atoms with Gasteiger partial charge in [0.2, 0.25) is 0 Å². The molecule has 30 heavy (non-hydrogen) atoms. The molecule has 0 radical (unpaired) electrons. The van der Waals surface area contributed by atoms with Crippen LogP contribution in [0.25, 0.3) is 0 Å². The summed E-state index contributed by atoms with van der Waals surface area (Å²) in [6.07, 6.45) is 3.72. The number of hydrogen-bond donors (Lipinski definition) is 1. The number of hydrogen-bond acceptors (Lipinski definition) is 6. The van der Waals surface area contributed by atoms with E-state index in [9.17, 15) is 23.3 Å². The lowest BCUT2D eigenvalue weighted by Gasteiger charge is -2.37. The Morgan fingerprint density at radius 3 is 2.77 bits per heavy atom. The summed E-state index contributed by atoms with van der Waals surface area (Å²) in [5.74, 6) is 0.244. The summed E-state index contributed by atoms with van der Waals surface area (Å²) in [5, 5.41) is 10.9. The lowest BCUT2D eigenvalue weighted by Crippen LogP contribution is -2.45. The first kappa shape index (κ1) is 20.1. The van der Waals surface area contributed by atoms with Crippen molar-refractivity contribution < 1.29 is 22.9 Å². The summed E-state index contributed by atoms with van der Waals surface area (Å²) < 4.78 is 33.6. The molecule has 158 valence electrons. The molecular weight excluding hydrogens is 410 g/mol. The van der Waals surface area contributed by atoms with E-state index < -0.39 is 14.9 Å². The molecule has 1 atom stereocenters. The largest absolute Gasteiger partial charge is 0.493 e. The quantitative estimate of drug-likeness (QED) is 0.587. The number of nitro benzene ring substituents is 1. The van der Waals surface area contributed by atoms with Crippen LogP contribution in [-0.4, -0.2) is 43.3 Å². The zero-order valence-electron chi connectivity index (χ0n) is 16.1. The SMILES string of the molecule is O=C1c2cc(NS(=O)(=O)c3cccc([N+](=O)[O-])c3)ccc2OCCC2CCCCN12. The van der Waals surface area contributed by atoms with Crippen LogP contribution in [0.2, 0.25) is 0 Å². The number of anilines is 1. The fraction of sp³-hybridized carbons (Fsp3) is 0.350. The number of rotatable bonds is 4. The highest BCUT2D eigenvalue weighted by Crippen LogP contribution is 2.31. The molecule has 1 fully saturated rings. The number of sulfonamides is 1. The summed E-state index contributed by atoms with van der Waals surface area (Å²) >= 11 is 0. The topological polar surface area (TPSA) is 119 Å². The standard InChI is InChI=1S/C20H21N3O6S/c24-20-18-12-14(21-30(27,28)17-6-3-5-16(13-17)23(25)26)7-8-19(18)29-11-9-15-4-1-2-10-22(15)20/h3,5-8,12-13,15,21H,1-2,4,9-11H2. The number of piperidine rings is 1. The highest BCUT2D eigenvalue weighted by molar-refractivity contribution is 7.92. The molecule has 9 nitrogen and oxygen atoms in total. The molecule has 1 unspecified atom stereocenters. The number of carbonyl (C=O) groups is 1. The maximum Gasteiger partial charge on any atom is 0.270 e. The van der Waals surface area contributed by atoms with Crippen LogP contribution in [0.1, 0.15) is 36.0 Å². The van der Waals surface area contributed by atoms with Gasteiger partial charge in [0, 0.05) is 36.8 Å². The molecule has 2 aliphatic rings. The maximum absolute atomic E-state index is 13.1. The highest BCUT2D eigenvalue weighted by atomic mass is 32.2. The van der Waals surface area contributed by atoms with Gasteiger partial charge in [-0.1, -0.05) is 6.07 Å². The molecule has 10 heteroatoms. The van der Waals surface area contributed by atoms with Crippen LogP contribution in [0.15, 0.2) is 47.4 Å². The Morgan fingerprint density at radius 2 is 1.97 bits per heavy atom. The first-order valence-electron chi connectivity index (χ1n) is 9.70. The van der Waals surface area contributed by atoms with E-state index in [-0.39, 0.29) is 28.2 Å². The van der Waals surface area contributed by atoms with Gasteiger partial charge in [0.1, 0.15) is 5.75 Å². The zero-order chi connectivity index (χ0) is 21.3. The second kappa shape index (κ2) is 7.94. The lowest BCUT2D eigenvalue weighted by molar-refractivity contribution is -0.385. The molecule has 1 saturated heterocycles. The normalized spacial score (nSPS) is 19.0. The summed E-state index contributed by atoms with van der Waals surface area (Å²) in [6.45, 7) is 1.16. The third-order valence-corrected chi connectivity index (χ3v) is 6.78. The van der Waals surface area contributed by atoms with Gasteiger partial charge >= 0.3 is 0 Å². The van der Waals surface area contributed by atoms with Crippen molar-refractivity contribution in [2.24, 2.45) is 0 Å². The smallest absolute Gasteiger partial charge is 0.270 e. The Balaban J connectivity index is 1.64. The molecule has 1 N–H and O–H groups in total. The molecule has 0 spiro atoms. The minimum Gasteiger partial charge on any atom is -0.493 e. The third kappa shape index (κ3) is 3.95. The fourth-order valence-corrected chi connectivity index (χ4v) is 4.98. The number of ether oxygens (including phenoxy) is 1. The average molecular weight is 431 g/mol. The minimum absolute atomic E-state index is 0.129. The van der Waals surface area contributed by atoms with E-state index in [1.807, 2.05) is 4.90 Å². The van der Waals surface area contributed by atoms with Crippen LogP contribution >= 0.6 is 0 Å². The van der Waals surface area contributed by atoms with Crippen molar-refractivity contribution in [3.05, 3.63) is 58.1 Å². The summed E-state index contributed by atoms with van der Waals surface area (Å²) in [7, 11) is -4.07. The van der Waals surface area contributed by atoms with E-state index in [4.69, 9.17) is 4.74 Å². The van der Waals surface area contributed by atoms with Crippen molar-refractivity contribution in [2.75, 3.05) is 17.9 Å². The van der Waals surface area contributed by atoms with Gasteiger partial charge < -0.3 is 9.64 Å². The van der Waals surface area contributed by atoms with E-state index >= 15 is 0 Å². The monoisotopic (exact) mass is 431 g/mol. The number of carbonyl (C=O) groups excluding carboxylic acids is 1. The number of non-ortho nitro benzene ring substituents is 1. The van der Waals surface area contributed by atoms with Crippen LogP contribution in [0.3, 0.4) is 0 Å². The molecule has 0 saturated carbocycles. The van der Waals surface area contributed by atoms with Gasteiger partial charge in [0.25, 0.3) is 21.6 Å². The van der Waals surface area contributed by atoms with E-state index in [0.717, 1.165) is 31.7 Å². The van der Waals surface area contributed by atoms with Crippen molar-refractivity contribution in [2.45, 2.75) is 36.6 Å². The highest BCUT2D eigenvalue weighted by Gasteiger charge is 2.31. The van der Waals surface area contributed by atoms with E-state index in [1.165, 1.54) is 30.3 Å². The van der Waals surface area contributed by atoms with E-state index in [1.54, 1.807) is 6.07 Å². The van der Waals surface area contributed by atoms with Crippen molar-refractivity contribution in [1.29, 1.82) is 0 Å². The Kier molecular flexibility index (Phi) is 5.33. The fourth-order valence-electron chi connectivity index (χ4n) is 3.89. The summed E-state index contributed by atoms with van der Waals surface area (Å²) in [4.78, 5) is 25.0. The third-order valence-electron chi connectivity index (χ3n) is 5.40. The van der Waals surface area contributed by atoms with Gasteiger partial charge in [-0.15, -0.1) is 0 Å². The zero-order valence-corrected chi connectivity index (χ0v) is 16.9. The van der Waals surface area contributed by atoms with Gasteiger partial charge in [0.05, 0.1) is 22.0 Å². The maximum atomic E-state index is 13.1. The van der Waals surface area contributed by atoms with Crippen molar-refractivity contribution in [1.82, 2.24) is 4.90 Å². The predicted molar refractivity (Wildman–Crippen MR) is 109 cm³/mol. The second-order valence-electron chi connectivity index (χ2n) is 7.36. The Morgan fingerprint density at radius 1 is 1.13 bits per heavy atom. The second-order valence-corrected chi connectivity index (χ2v) is 9.04. The Labute approximate surface area is 173 Å². The van der Waals surface area contributed by atoms with Crippen LogP contribution in [0.4, 0.5) is 11.4 Å². The molecule has 2 aromatic rings. The first-order valence-corrected chi connectivity index (χ1v) is 11.2. The number of nitrogens with zero attached hydrogens (tertiary/aromatic N) is 2. The molecule has 0 bridgehead atoms. The molecule has 2 heterocycles. The van der Waals surface area contributed by atoms with Crippen LogP contribution in [0, 0.1) is 10.1 Å². The molecule has 2 aromatic carbocycles. The number of nitrogens with one attached hydrogen (secondary N) is 1. The molecule has 0 aliphatic carbocycles. The molecule has 2 aliphatic heterocycles. The van der Waals surface area contributed by atoms with Gasteiger partial charge in [-0.25, -0.2) is 8.42 Å². The molecule has 0 aromatic heterocycles. The van der Waals surface area contributed by atoms with Gasteiger partial charge in [-0.05, 0) is 43.5 Å². The molecule has 4 rings (SSSR count). The Hall–Kier alpha value is -3.14. The van der Waals surface area contributed by atoms with Crippen LogP contribution in [0.5, 0.6) is 5.75 Å². The van der Waals surface area contributed by atoms with Gasteiger partial charge in [0.15, 0.2) is 0 Å². The number of benzene rings is 2. The van der Waals surface area contributed by atoms with E-state index in [0.29, 0.717) is 24.5 Å².